The van der Waals surface area contributed by atoms with Gasteiger partial charge in [-0.05, 0) is 112 Å². The maximum absolute atomic E-state index is 12.9. The quantitative estimate of drug-likeness (QED) is 0.117. The minimum Gasteiger partial charge on any atom is -0.462 e. The van der Waals surface area contributed by atoms with E-state index in [1.165, 1.54) is 12.0 Å². The lowest BCUT2D eigenvalue weighted by Crippen LogP contribution is -2.72. The van der Waals surface area contributed by atoms with Crippen molar-refractivity contribution in [2.75, 3.05) is 13.2 Å². The third-order valence-electron chi connectivity index (χ3n) is 15.4. The van der Waals surface area contributed by atoms with E-state index in [0.29, 0.717) is 30.4 Å². The van der Waals surface area contributed by atoms with Crippen LogP contribution in [-0.4, -0.2) is 70.0 Å². The van der Waals surface area contributed by atoms with Gasteiger partial charge in [-0.3, -0.25) is 0 Å². The highest BCUT2D eigenvalue weighted by molar-refractivity contribution is 5.88. The van der Waals surface area contributed by atoms with E-state index in [4.69, 9.17) is 9.47 Å². The molecule has 5 aliphatic carbocycles. The highest BCUT2D eigenvalue weighted by Crippen LogP contribution is 2.76. The molecule has 12 atom stereocenters. The Labute approximate surface area is 624 Å². The highest BCUT2D eigenvalue weighted by atomic mass is 16.5. The SMILES string of the molecule is C/C=C(/C)C(=O)OC[C@@]12C(CC(C)(C)[C@@H](O)[C@@H]1O)C1=CCC3[C@@]4(C)CC[C@H](O)[C@](C)(COC(=O)/C(C)=C\C)C4CC[C@@]3(C)[C@]1(C)C[C@H]2O.CC.CC.CC.CC.CC.CC.CC.CC.CC.CC.CC.CC.CC.CC.CC.CC.CC.CC.CC.CC.CC.CC.CC.CCC. The Morgan fingerprint density at radius 2 is 0.711 bits per heavy atom. The molecule has 97 heavy (non-hydrogen) atoms. The summed E-state index contributed by atoms with van der Waals surface area (Å²) in [6.45, 7) is 116. The second-order valence-corrected chi connectivity index (χ2v) is 18.6. The van der Waals surface area contributed by atoms with Crippen LogP contribution in [0.1, 0.15) is 453 Å². The van der Waals surface area contributed by atoms with Crippen molar-refractivity contribution in [3.8, 4) is 0 Å². The lowest BCUT2D eigenvalue weighted by molar-refractivity contribution is -0.260. The fraction of sp³-hybridized carbons (Fsp3) is 0.910. The minimum absolute atomic E-state index is 0.136. The van der Waals surface area contributed by atoms with Crippen LogP contribution in [-0.2, 0) is 19.1 Å². The molecule has 5 rings (SSSR count). The molecule has 0 aromatic carbocycles. The molecule has 0 aromatic heterocycles. The van der Waals surface area contributed by atoms with E-state index in [0.717, 1.165) is 25.7 Å². The molecule has 4 saturated carbocycles. The summed E-state index contributed by atoms with van der Waals surface area (Å²) >= 11 is 0. The van der Waals surface area contributed by atoms with Crippen LogP contribution in [0.2, 0.25) is 0 Å². The molecule has 0 heterocycles. The normalized spacial score (nSPS) is 24.9. The number of aliphatic hydroxyl groups excluding tert-OH is 4. The Bertz CT molecular complexity index is 1420. The van der Waals surface area contributed by atoms with Crippen molar-refractivity contribution in [1.29, 1.82) is 0 Å². The van der Waals surface area contributed by atoms with Crippen LogP contribution in [0.25, 0.3) is 0 Å². The molecule has 612 valence electrons. The van der Waals surface area contributed by atoms with Gasteiger partial charge in [0.15, 0.2) is 0 Å². The number of ether oxygens (including phenoxy) is 2. The first-order valence-electron chi connectivity index (χ1n) is 42.7. The zero-order chi connectivity index (χ0) is 84.5. The summed E-state index contributed by atoms with van der Waals surface area (Å²) < 4.78 is 11.7. The molecular weight excluding hydrogens is 1200 g/mol. The lowest BCUT2D eigenvalue weighted by atomic mass is 9.33. The average molecular weight is 1410 g/mol. The molecule has 0 bridgehead atoms. The van der Waals surface area contributed by atoms with Crippen molar-refractivity contribution >= 4 is 11.9 Å². The fourth-order valence-corrected chi connectivity index (χ4v) is 11.8. The van der Waals surface area contributed by atoms with Crippen molar-refractivity contribution < 1.29 is 39.5 Å². The molecule has 5 aliphatic rings. The van der Waals surface area contributed by atoms with Crippen molar-refractivity contribution in [2.24, 2.45) is 50.2 Å². The topological polar surface area (TPSA) is 134 Å². The molecule has 0 saturated heterocycles. The van der Waals surface area contributed by atoms with Gasteiger partial charge in [0.25, 0.3) is 0 Å². The maximum Gasteiger partial charge on any atom is 0.333 e. The fourth-order valence-electron chi connectivity index (χ4n) is 11.8. The molecule has 3 unspecified atom stereocenters. The monoisotopic (exact) mass is 1410 g/mol. The molecule has 0 aliphatic heterocycles. The van der Waals surface area contributed by atoms with Gasteiger partial charge in [-0.2, -0.15) is 0 Å². The molecule has 0 radical (unpaired) electrons. The van der Waals surface area contributed by atoms with Gasteiger partial charge in [0.05, 0.1) is 36.4 Å². The van der Waals surface area contributed by atoms with Crippen LogP contribution in [0.15, 0.2) is 34.9 Å². The number of carbonyl (C=O) groups is 2. The Kier molecular flexibility index (Phi) is 173. The number of rotatable bonds is 6. The second-order valence-electron chi connectivity index (χ2n) is 18.6. The number of fused-ring (bicyclic) bond motifs is 7. The number of carbonyl (C=O) groups excluding carboxylic acids is 2. The summed E-state index contributed by atoms with van der Waals surface area (Å²) in [6.07, 6.45) is 8.07. The van der Waals surface area contributed by atoms with E-state index in [1.807, 2.05) is 339 Å². The third kappa shape index (κ3) is 50.1. The minimum atomic E-state index is -1.28. The van der Waals surface area contributed by atoms with Crippen LogP contribution < -0.4 is 0 Å². The number of aliphatic hydroxyl groups is 4. The summed E-state index contributed by atoms with van der Waals surface area (Å²) in [7, 11) is 0. The van der Waals surface area contributed by atoms with Crippen molar-refractivity contribution in [3.63, 3.8) is 0 Å². The van der Waals surface area contributed by atoms with Crippen LogP contribution in [0.4, 0.5) is 0 Å². The van der Waals surface area contributed by atoms with E-state index in [9.17, 15) is 30.0 Å². The van der Waals surface area contributed by atoms with Crippen LogP contribution in [0, 0.1) is 50.2 Å². The largest absolute Gasteiger partial charge is 0.462 e. The second kappa shape index (κ2) is 113. The first-order chi connectivity index (χ1) is 46.6. The summed E-state index contributed by atoms with van der Waals surface area (Å²) in [5.74, 6) is -0.738. The van der Waals surface area contributed by atoms with Gasteiger partial charge in [0, 0.05) is 16.6 Å². The van der Waals surface area contributed by atoms with Crippen molar-refractivity contribution in [2.45, 2.75) is 477 Å². The molecule has 8 nitrogen and oxygen atoms in total. The molecular formula is C89H208O8. The zero-order valence-corrected chi connectivity index (χ0v) is 79.8. The number of hydrogen-bond acceptors (Lipinski definition) is 8. The highest BCUT2D eigenvalue weighted by Gasteiger charge is 2.73. The van der Waals surface area contributed by atoms with Crippen molar-refractivity contribution in [3.05, 3.63) is 34.9 Å². The molecule has 0 amide bonds. The Morgan fingerprint density at radius 3 is 1.00 bits per heavy atom. The predicted molar refractivity (Wildman–Crippen MR) is 461 cm³/mol. The Balaban J connectivity index is -0.0000000567. The van der Waals surface area contributed by atoms with Crippen LogP contribution in [0.3, 0.4) is 0 Å². The third-order valence-corrected chi connectivity index (χ3v) is 15.4. The molecule has 0 aromatic rings. The van der Waals surface area contributed by atoms with Gasteiger partial charge in [-0.25, -0.2) is 9.59 Å². The predicted octanol–water partition coefficient (Wildman–Crippen LogP) is 31.1. The number of hydrogen-bond donors (Lipinski definition) is 4. The molecule has 4 fully saturated rings. The number of esters is 2. The zero-order valence-electron chi connectivity index (χ0n) is 79.8. The van der Waals surface area contributed by atoms with Gasteiger partial charge in [0.2, 0.25) is 0 Å². The maximum atomic E-state index is 12.9. The van der Waals surface area contributed by atoms with Gasteiger partial charge in [0.1, 0.15) is 6.61 Å². The van der Waals surface area contributed by atoms with E-state index in [1.54, 1.807) is 32.9 Å². The van der Waals surface area contributed by atoms with E-state index < -0.39 is 52.0 Å². The standard InChI is InChI=1S/C40H62O8.C3H8.23C2H6/c1-11-23(3)33(45)47-21-37(8)27-15-18-38(9)28(36(27,7)17-16-29(37)41)14-13-25-26-19-35(5,6)31(43)32(44)40(26,30(42)20-39(25,38)10)22-48-34(46)24(4)12-2;1-3-2;23*1-2/h11-13,26-32,41-44H,14-22H2,1-10H3;3H2,1-2H3;23*1-2H3/b23-11-,24-12-;;;;;;;;;;;;;;;;;;;;;;;;/t26?,27?,28?,29-,30+,31-,32-,36-,37+,38+,39+,40-;;;;;;;;;;;;;;;;;;;;;;;;/m0......................../s1. The molecule has 0 spiro atoms. The Morgan fingerprint density at radius 1 is 0.423 bits per heavy atom. The number of allylic oxidation sites excluding steroid dienone is 4. The van der Waals surface area contributed by atoms with E-state index >= 15 is 0 Å². The first-order valence-corrected chi connectivity index (χ1v) is 42.7. The van der Waals surface area contributed by atoms with Crippen molar-refractivity contribution in [1.82, 2.24) is 0 Å². The van der Waals surface area contributed by atoms with Gasteiger partial charge in [-0.15, -0.1) is 0 Å². The van der Waals surface area contributed by atoms with Crippen LogP contribution in [0.5, 0.6) is 0 Å². The van der Waals surface area contributed by atoms with Crippen LogP contribution >= 0.6 is 0 Å². The summed E-state index contributed by atoms with van der Waals surface area (Å²) in [4.78, 5) is 25.6. The summed E-state index contributed by atoms with van der Waals surface area (Å²) in [5, 5.41) is 47.2. The summed E-state index contributed by atoms with van der Waals surface area (Å²) in [5.41, 5.74) is -0.998. The average Bonchev–Trinajstić information content (AvgIpc) is 0.674. The van der Waals surface area contributed by atoms with E-state index in [-0.39, 0.29) is 47.8 Å². The Hall–Kier alpha value is -2.00. The van der Waals surface area contributed by atoms with Gasteiger partial charge < -0.3 is 29.9 Å². The molecule has 8 heteroatoms. The summed E-state index contributed by atoms with van der Waals surface area (Å²) in [6, 6.07) is 0. The van der Waals surface area contributed by atoms with Gasteiger partial charge >= 0.3 is 11.9 Å². The van der Waals surface area contributed by atoms with E-state index in [2.05, 4.69) is 47.6 Å². The first kappa shape index (κ1) is 149. The lowest BCUT2D eigenvalue weighted by Gasteiger charge is -2.72. The van der Waals surface area contributed by atoms with Gasteiger partial charge in [-0.1, -0.05) is 404 Å². The smallest absolute Gasteiger partial charge is 0.333 e. The molecule has 4 N–H and O–H groups in total.